The van der Waals surface area contributed by atoms with Gasteiger partial charge in [-0.1, -0.05) is 12.1 Å². The second-order valence-electron chi connectivity index (χ2n) is 3.63. The minimum absolute atomic E-state index is 0.169. The lowest BCUT2D eigenvalue weighted by atomic mass is 9.99. The Hall–Kier alpha value is -1.51. The van der Waals surface area contributed by atoms with Gasteiger partial charge in [-0.05, 0) is 31.4 Å². The highest BCUT2D eigenvalue weighted by atomic mass is 16.5. The molecule has 0 aliphatic carbocycles. The molecule has 1 aliphatic heterocycles. The van der Waals surface area contributed by atoms with Gasteiger partial charge >= 0.3 is 0 Å². The van der Waals surface area contributed by atoms with Crippen molar-refractivity contribution in [1.82, 2.24) is 0 Å². The van der Waals surface area contributed by atoms with Crippen molar-refractivity contribution < 1.29 is 9.53 Å². The molecule has 0 saturated heterocycles. The van der Waals surface area contributed by atoms with Gasteiger partial charge in [-0.2, -0.15) is 0 Å². The van der Waals surface area contributed by atoms with E-state index >= 15 is 0 Å². The highest BCUT2D eigenvalue weighted by molar-refractivity contribution is 5.96. The van der Waals surface area contributed by atoms with Crippen LogP contribution in [0.5, 0.6) is 5.75 Å². The number of primary amides is 1. The van der Waals surface area contributed by atoms with Crippen molar-refractivity contribution in [2.24, 2.45) is 5.73 Å². The molecule has 0 spiro atoms. The Labute approximate surface area is 82.9 Å². The minimum Gasteiger partial charge on any atom is -0.490 e. The maximum absolute atomic E-state index is 11.1. The summed E-state index contributed by atoms with van der Waals surface area (Å²) in [5.74, 6) is 0.259. The summed E-state index contributed by atoms with van der Waals surface area (Å²) < 4.78 is 5.62. The second-order valence-corrected chi connectivity index (χ2v) is 3.63. The van der Waals surface area contributed by atoms with Gasteiger partial charge in [0.2, 0.25) is 0 Å². The molecule has 14 heavy (non-hydrogen) atoms. The molecule has 1 aromatic rings. The summed E-state index contributed by atoms with van der Waals surface area (Å²) >= 11 is 0. The predicted molar refractivity (Wildman–Crippen MR) is 53.4 cm³/mol. The van der Waals surface area contributed by atoms with Crippen LogP contribution in [0.15, 0.2) is 18.2 Å². The number of benzene rings is 1. The maximum atomic E-state index is 11.1. The number of fused-ring (bicyclic) bond motifs is 1. The highest BCUT2D eigenvalue weighted by Gasteiger charge is 2.20. The quantitative estimate of drug-likeness (QED) is 0.731. The molecule has 1 unspecified atom stereocenters. The van der Waals surface area contributed by atoms with E-state index in [4.69, 9.17) is 10.5 Å². The lowest BCUT2D eigenvalue weighted by Gasteiger charge is -2.24. The van der Waals surface area contributed by atoms with Crippen molar-refractivity contribution in [1.29, 1.82) is 0 Å². The number of hydrogen-bond acceptors (Lipinski definition) is 2. The van der Waals surface area contributed by atoms with E-state index in [9.17, 15) is 4.79 Å². The van der Waals surface area contributed by atoms with E-state index in [2.05, 4.69) is 0 Å². The first kappa shape index (κ1) is 9.06. The molecule has 0 bridgehead atoms. The van der Waals surface area contributed by atoms with Crippen LogP contribution >= 0.6 is 0 Å². The Kier molecular flexibility index (Phi) is 2.15. The first-order chi connectivity index (χ1) is 6.68. The van der Waals surface area contributed by atoms with Crippen molar-refractivity contribution >= 4 is 5.91 Å². The van der Waals surface area contributed by atoms with E-state index in [0.29, 0.717) is 11.3 Å². The van der Waals surface area contributed by atoms with Crippen LogP contribution in [-0.2, 0) is 6.42 Å². The lowest BCUT2D eigenvalue weighted by Crippen LogP contribution is -2.22. The van der Waals surface area contributed by atoms with Gasteiger partial charge in [-0.3, -0.25) is 4.79 Å². The number of aryl methyl sites for hydroxylation is 1. The van der Waals surface area contributed by atoms with Gasteiger partial charge in [0.05, 0.1) is 11.7 Å². The number of rotatable bonds is 1. The molecule has 0 aromatic heterocycles. The fourth-order valence-electron chi connectivity index (χ4n) is 1.73. The Morgan fingerprint density at radius 3 is 3.07 bits per heavy atom. The van der Waals surface area contributed by atoms with E-state index in [1.165, 1.54) is 0 Å². The fraction of sp³-hybridized carbons (Fsp3) is 0.364. The summed E-state index contributed by atoms with van der Waals surface area (Å²) in [7, 11) is 0. The monoisotopic (exact) mass is 191 g/mol. The van der Waals surface area contributed by atoms with Crippen molar-refractivity contribution in [2.45, 2.75) is 25.9 Å². The number of para-hydroxylation sites is 1. The summed E-state index contributed by atoms with van der Waals surface area (Å²) in [4.78, 5) is 11.1. The number of carbonyl (C=O) groups excluding carboxylic acids is 1. The Morgan fingerprint density at radius 2 is 2.36 bits per heavy atom. The smallest absolute Gasteiger partial charge is 0.252 e. The molecule has 1 amide bonds. The average Bonchev–Trinajstić information content (AvgIpc) is 2.16. The van der Waals surface area contributed by atoms with E-state index in [0.717, 1.165) is 18.4 Å². The normalized spacial score (nSPS) is 19.6. The number of hydrogen-bond donors (Lipinski definition) is 1. The van der Waals surface area contributed by atoms with Crippen LogP contribution in [0, 0.1) is 0 Å². The van der Waals surface area contributed by atoms with Crippen LogP contribution in [0.25, 0.3) is 0 Å². The van der Waals surface area contributed by atoms with Crippen molar-refractivity contribution in [2.75, 3.05) is 0 Å². The van der Waals surface area contributed by atoms with Crippen LogP contribution in [0.1, 0.15) is 29.3 Å². The van der Waals surface area contributed by atoms with Crippen LogP contribution in [0.4, 0.5) is 0 Å². The van der Waals surface area contributed by atoms with Gasteiger partial charge in [0, 0.05) is 0 Å². The van der Waals surface area contributed by atoms with Gasteiger partial charge < -0.3 is 10.5 Å². The summed E-state index contributed by atoms with van der Waals surface area (Å²) in [5.41, 5.74) is 6.84. The molecule has 1 aliphatic rings. The molecule has 3 nitrogen and oxygen atoms in total. The molecule has 0 radical (unpaired) electrons. The summed E-state index contributed by atoms with van der Waals surface area (Å²) in [5, 5.41) is 0. The molecule has 2 N–H and O–H groups in total. The Balaban J connectivity index is 2.48. The molecular weight excluding hydrogens is 178 g/mol. The molecule has 1 atom stereocenters. The minimum atomic E-state index is -0.420. The molecule has 2 rings (SSSR count). The topological polar surface area (TPSA) is 52.3 Å². The second kappa shape index (κ2) is 3.33. The number of ether oxygens (including phenoxy) is 1. The maximum Gasteiger partial charge on any atom is 0.252 e. The van der Waals surface area contributed by atoms with Crippen molar-refractivity contribution in [3.05, 3.63) is 29.3 Å². The number of carbonyl (C=O) groups is 1. The number of nitrogens with two attached hydrogens (primary N) is 1. The first-order valence-corrected chi connectivity index (χ1v) is 4.77. The molecule has 74 valence electrons. The third-order valence-corrected chi connectivity index (χ3v) is 2.50. The van der Waals surface area contributed by atoms with Gasteiger partial charge in [0.15, 0.2) is 0 Å². The van der Waals surface area contributed by atoms with E-state index < -0.39 is 5.91 Å². The van der Waals surface area contributed by atoms with Gasteiger partial charge in [0.25, 0.3) is 5.91 Å². The van der Waals surface area contributed by atoms with Crippen LogP contribution < -0.4 is 10.5 Å². The summed E-state index contributed by atoms with van der Waals surface area (Å²) in [6.45, 7) is 2.00. The molecule has 3 heteroatoms. The van der Waals surface area contributed by atoms with E-state index in [1.54, 1.807) is 6.07 Å². The molecular formula is C11H13NO2. The zero-order valence-electron chi connectivity index (χ0n) is 8.12. The predicted octanol–water partition coefficient (Wildman–Crippen LogP) is 1.50. The molecule has 0 fully saturated rings. The van der Waals surface area contributed by atoms with Crippen LogP contribution in [0.2, 0.25) is 0 Å². The molecule has 1 heterocycles. The van der Waals surface area contributed by atoms with Gasteiger partial charge in [0.1, 0.15) is 5.75 Å². The lowest BCUT2D eigenvalue weighted by molar-refractivity contribution is 0.0991. The summed E-state index contributed by atoms with van der Waals surface area (Å²) in [6, 6.07) is 5.53. The van der Waals surface area contributed by atoms with Crippen LogP contribution in [-0.4, -0.2) is 12.0 Å². The fourth-order valence-corrected chi connectivity index (χ4v) is 1.73. The highest BCUT2D eigenvalue weighted by Crippen LogP contribution is 2.30. The van der Waals surface area contributed by atoms with Gasteiger partial charge in [-0.25, -0.2) is 0 Å². The average molecular weight is 191 g/mol. The zero-order valence-corrected chi connectivity index (χ0v) is 8.12. The number of amides is 1. The van der Waals surface area contributed by atoms with Crippen molar-refractivity contribution in [3.63, 3.8) is 0 Å². The standard InChI is InChI=1S/C11H13NO2/c1-7-5-6-8-3-2-4-9(11(12)13)10(8)14-7/h2-4,7H,5-6H2,1H3,(H2,12,13). The Bertz CT molecular complexity index is 374. The first-order valence-electron chi connectivity index (χ1n) is 4.77. The van der Waals surface area contributed by atoms with Crippen molar-refractivity contribution in [3.8, 4) is 5.75 Å². The molecule has 0 saturated carbocycles. The largest absolute Gasteiger partial charge is 0.490 e. The van der Waals surface area contributed by atoms with E-state index in [-0.39, 0.29) is 6.10 Å². The van der Waals surface area contributed by atoms with Gasteiger partial charge in [-0.15, -0.1) is 0 Å². The summed E-state index contributed by atoms with van der Waals surface area (Å²) in [6.07, 6.45) is 2.12. The zero-order chi connectivity index (χ0) is 10.1. The SMILES string of the molecule is CC1CCc2cccc(C(N)=O)c2O1. The molecule has 1 aromatic carbocycles. The van der Waals surface area contributed by atoms with E-state index in [1.807, 2.05) is 19.1 Å². The third-order valence-electron chi connectivity index (χ3n) is 2.50. The Morgan fingerprint density at radius 1 is 1.57 bits per heavy atom. The third kappa shape index (κ3) is 1.45. The van der Waals surface area contributed by atoms with Crippen LogP contribution in [0.3, 0.4) is 0 Å².